The van der Waals surface area contributed by atoms with Crippen molar-refractivity contribution in [3.8, 4) is 0 Å². The fourth-order valence-electron chi connectivity index (χ4n) is 2.57. The van der Waals surface area contributed by atoms with E-state index in [-0.39, 0.29) is 29.9 Å². The monoisotopic (exact) mass is 335 g/mol. The molecule has 0 bridgehead atoms. The van der Waals surface area contributed by atoms with Crippen LogP contribution in [0.25, 0.3) is 0 Å². The number of hydrogen-bond donors (Lipinski definition) is 1. The molecule has 1 atom stereocenters. The number of sulfone groups is 1. The lowest BCUT2D eigenvalue weighted by molar-refractivity contribution is 0.0214. The van der Waals surface area contributed by atoms with Crippen LogP contribution in [-0.2, 0) is 14.6 Å². The standard InChI is InChI=1S/C14H19F2NO4S/c15-14(16)22(19,20)13-6-2-1-5-12(13)17-7-3-4-11(10-17)21-9-8-18/h1-2,5-6,11,14,18H,3-4,7-10H2. The number of nitrogens with zero attached hydrogens (tertiary/aromatic N) is 1. The number of aliphatic hydroxyl groups is 1. The van der Waals surface area contributed by atoms with Crippen molar-refractivity contribution in [3.05, 3.63) is 24.3 Å². The van der Waals surface area contributed by atoms with Gasteiger partial charge in [0.1, 0.15) is 0 Å². The summed E-state index contributed by atoms with van der Waals surface area (Å²) in [5.41, 5.74) is 0.278. The maximum atomic E-state index is 12.8. The first-order valence-corrected chi connectivity index (χ1v) is 8.60. The number of anilines is 1. The lowest BCUT2D eigenvalue weighted by atomic mass is 10.1. The zero-order valence-electron chi connectivity index (χ0n) is 12.0. The summed E-state index contributed by atoms with van der Waals surface area (Å²) < 4.78 is 54.7. The Hall–Kier alpha value is -1.25. The van der Waals surface area contributed by atoms with E-state index in [0.717, 1.165) is 12.8 Å². The highest BCUT2D eigenvalue weighted by Crippen LogP contribution is 2.31. The summed E-state index contributed by atoms with van der Waals surface area (Å²) in [5, 5.41) is 8.79. The average molecular weight is 335 g/mol. The van der Waals surface area contributed by atoms with Crippen molar-refractivity contribution < 1.29 is 27.0 Å². The van der Waals surface area contributed by atoms with Gasteiger partial charge in [-0.3, -0.25) is 0 Å². The smallest absolute Gasteiger partial charge is 0.341 e. The number of hydrogen-bond acceptors (Lipinski definition) is 5. The van der Waals surface area contributed by atoms with E-state index >= 15 is 0 Å². The molecule has 0 aliphatic carbocycles. The van der Waals surface area contributed by atoms with E-state index in [4.69, 9.17) is 9.84 Å². The molecule has 1 unspecified atom stereocenters. The number of alkyl halides is 2. The highest BCUT2D eigenvalue weighted by atomic mass is 32.2. The summed E-state index contributed by atoms with van der Waals surface area (Å²) in [6, 6.07) is 5.79. The van der Waals surface area contributed by atoms with Crippen LogP contribution in [0.2, 0.25) is 0 Å². The van der Waals surface area contributed by atoms with Crippen LogP contribution in [0.5, 0.6) is 0 Å². The molecule has 8 heteroatoms. The maximum Gasteiger partial charge on any atom is 0.341 e. The van der Waals surface area contributed by atoms with Gasteiger partial charge in [-0.15, -0.1) is 0 Å². The Bertz CT molecular complexity index is 594. The molecule has 1 fully saturated rings. The van der Waals surface area contributed by atoms with Gasteiger partial charge in [-0.1, -0.05) is 12.1 Å². The minimum Gasteiger partial charge on any atom is -0.394 e. The van der Waals surface area contributed by atoms with Gasteiger partial charge in [0.25, 0.3) is 0 Å². The second-order valence-corrected chi connectivity index (χ2v) is 6.96. The van der Waals surface area contributed by atoms with Crippen LogP contribution in [-0.4, -0.2) is 51.7 Å². The van der Waals surface area contributed by atoms with E-state index < -0.39 is 15.6 Å². The highest BCUT2D eigenvalue weighted by molar-refractivity contribution is 7.91. The molecule has 1 aromatic rings. The first-order valence-electron chi connectivity index (χ1n) is 7.05. The average Bonchev–Trinajstić information content (AvgIpc) is 2.53. The van der Waals surface area contributed by atoms with Crippen LogP contribution in [0.1, 0.15) is 12.8 Å². The molecule has 0 spiro atoms. The fourth-order valence-corrected chi connectivity index (χ4v) is 3.52. The Morgan fingerprint density at radius 1 is 1.36 bits per heavy atom. The molecule has 0 amide bonds. The summed E-state index contributed by atoms with van der Waals surface area (Å²) in [6.45, 7) is 1.10. The summed E-state index contributed by atoms with van der Waals surface area (Å²) in [4.78, 5) is 1.40. The quantitative estimate of drug-likeness (QED) is 0.856. The minimum atomic E-state index is -4.65. The van der Waals surface area contributed by atoms with E-state index in [9.17, 15) is 17.2 Å². The molecule has 124 valence electrons. The number of piperidine rings is 1. The number of para-hydroxylation sites is 1. The van der Waals surface area contributed by atoms with Crippen LogP contribution in [0.3, 0.4) is 0 Å². The van der Waals surface area contributed by atoms with Crippen molar-refractivity contribution >= 4 is 15.5 Å². The summed E-state index contributed by atoms with van der Waals surface area (Å²) in [6.07, 6.45) is 1.41. The molecular weight excluding hydrogens is 316 g/mol. The summed E-state index contributed by atoms with van der Waals surface area (Å²) >= 11 is 0. The molecule has 1 N–H and O–H groups in total. The molecule has 1 heterocycles. The molecule has 22 heavy (non-hydrogen) atoms. The normalized spacial score (nSPS) is 19.6. The zero-order valence-corrected chi connectivity index (χ0v) is 12.8. The van der Waals surface area contributed by atoms with Gasteiger partial charge in [0, 0.05) is 13.1 Å². The molecule has 1 aromatic carbocycles. The predicted molar refractivity (Wildman–Crippen MR) is 77.9 cm³/mol. The Morgan fingerprint density at radius 3 is 2.77 bits per heavy atom. The van der Waals surface area contributed by atoms with Crippen molar-refractivity contribution in [1.82, 2.24) is 0 Å². The highest BCUT2D eigenvalue weighted by Gasteiger charge is 2.32. The number of benzene rings is 1. The third-order valence-electron chi connectivity index (χ3n) is 3.57. The fraction of sp³-hybridized carbons (Fsp3) is 0.571. The second kappa shape index (κ2) is 7.34. The number of halogens is 2. The van der Waals surface area contributed by atoms with Crippen LogP contribution in [0, 0.1) is 0 Å². The third kappa shape index (κ3) is 3.74. The van der Waals surface area contributed by atoms with Crippen molar-refractivity contribution in [3.63, 3.8) is 0 Å². The lowest BCUT2D eigenvalue weighted by Crippen LogP contribution is -2.40. The van der Waals surface area contributed by atoms with Crippen LogP contribution < -0.4 is 4.90 Å². The Labute approximate surface area is 128 Å². The first kappa shape index (κ1) is 17.1. The predicted octanol–water partition coefficient (Wildman–Crippen LogP) is 1.66. The van der Waals surface area contributed by atoms with Crippen LogP contribution in [0.15, 0.2) is 29.2 Å². The lowest BCUT2D eigenvalue weighted by Gasteiger charge is -2.35. The molecule has 5 nitrogen and oxygen atoms in total. The van der Waals surface area contributed by atoms with E-state index in [0.29, 0.717) is 13.1 Å². The van der Waals surface area contributed by atoms with Crippen molar-refractivity contribution in [2.75, 3.05) is 31.2 Å². The van der Waals surface area contributed by atoms with Crippen molar-refractivity contribution in [2.45, 2.75) is 29.6 Å². The van der Waals surface area contributed by atoms with Gasteiger partial charge in [-0.05, 0) is 25.0 Å². The Morgan fingerprint density at radius 2 is 2.09 bits per heavy atom. The second-order valence-electron chi connectivity index (χ2n) is 5.08. The van der Waals surface area contributed by atoms with Gasteiger partial charge in [0.15, 0.2) is 0 Å². The third-order valence-corrected chi connectivity index (χ3v) is 5.00. The van der Waals surface area contributed by atoms with Crippen LogP contribution in [0.4, 0.5) is 14.5 Å². The number of ether oxygens (including phenoxy) is 1. The van der Waals surface area contributed by atoms with Crippen molar-refractivity contribution in [1.29, 1.82) is 0 Å². The van der Waals surface area contributed by atoms with E-state index in [1.54, 1.807) is 11.0 Å². The van der Waals surface area contributed by atoms with E-state index in [1.165, 1.54) is 18.2 Å². The number of rotatable bonds is 6. The van der Waals surface area contributed by atoms with Gasteiger partial charge in [0.2, 0.25) is 9.84 Å². The number of aliphatic hydroxyl groups excluding tert-OH is 1. The molecule has 1 aliphatic rings. The largest absolute Gasteiger partial charge is 0.394 e. The van der Waals surface area contributed by atoms with Gasteiger partial charge in [-0.2, -0.15) is 8.78 Å². The Kier molecular flexibility index (Phi) is 5.71. The SMILES string of the molecule is O=S(=O)(c1ccccc1N1CCCC(OCCO)C1)C(F)F. The zero-order chi connectivity index (χ0) is 16.2. The van der Waals surface area contributed by atoms with Crippen LogP contribution >= 0.6 is 0 Å². The maximum absolute atomic E-state index is 12.8. The van der Waals surface area contributed by atoms with Gasteiger partial charge in [0.05, 0.1) is 29.9 Å². The topological polar surface area (TPSA) is 66.8 Å². The first-order chi connectivity index (χ1) is 10.5. The van der Waals surface area contributed by atoms with Gasteiger partial charge < -0.3 is 14.7 Å². The minimum absolute atomic E-state index is 0.0904. The summed E-state index contributed by atoms with van der Waals surface area (Å²) in [5.74, 6) is -3.44. The molecule has 2 rings (SSSR count). The van der Waals surface area contributed by atoms with E-state index in [2.05, 4.69) is 0 Å². The van der Waals surface area contributed by atoms with E-state index in [1.807, 2.05) is 0 Å². The molecular formula is C14H19F2NO4S. The summed E-state index contributed by atoms with van der Waals surface area (Å²) in [7, 11) is -4.65. The molecule has 1 aliphatic heterocycles. The van der Waals surface area contributed by atoms with Gasteiger partial charge >= 0.3 is 5.76 Å². The molecule has 0 aromatic heterocycles. The molecule has 0 saturated carbocycles. The van der Waals surface area contributed by atoms with Crippen molar-refractivity contribution in [2.24, 2.45) is 0 Å². The van der Waals surface area contributed by atoms with Gasteiger partial charge in [-0.25, -0.2) is 8.42 Å². The molecule has 0 radical (unpaired) electrons. The molecule has 1 saturated heterocycles. The Balaban J connectivity index is 2.25.